The summed E-state index contributed by atoms with van der Waals surface area (Å²) in [6, 6.07) is 0. The Morgan fingerprint density at radius 1 is 1.80 bits per heavy atom. The summed E-state index contributed by atoms with van der Waals surface area (Å²) in [5.41, 5.74) is 8.32. The molecule has 10 heavy (non-hydrogen) atoms. The van der Waals surface area contributed by atoms with Gasteiger partial charge in [0.2, 0.25) is 0 Å². The molecule has 1 saturated heterocycles. The van der Waals surface area contributed by atoms with Crippen molar-refractivity contribution in [3.05, 3.63) is 22.2 Å². The first-order valence-electron chi connectivity index (χ1n) is 2.75. The van der Waals surface area contributed by atoms with Gasteiger partial charge in [-0.1, -0.05) is 5.11 Å². The van der Waals surface area contributed by atoms with Gasteiger partial charge in [0.1, 0.15) is 0 Å². The molecule has 1 aliphatic heterocycles. The van der Waals surface area contributed by atoms with Crippen LogP contribution >= 0.6 is 0 Å². The fourth-order valence-corrected chi connectivity index (χ4v) is 0.661. The number of carbonyl (C=O) groups is 1. The summed E-state index contributed by atoms with van der Waals surface area (Å²) in [4.78, 5) is 13.1. The highest BCUT2D eigenvalue weighted by Gasteiger charge is 2.17. The molecule has 5 heteroatoms. The van der Waals surface area contributed by atoms with Crippen molar-refractivity contribution in [2.24, 2.45) is 5.11 Å². The molecule has 0 radical (unpaired) electrons. The second-order valence-corrected chi connectivity index (χ2v) is 1.75. The maximum absolute atomic E-state index is 10.6. The molecule has 0 aromatic rings. The Bertz CT molecular complexity index is 227. The number of hydrogen-bond acceptors (Lipinski definition) is 3. The van der Waals surface area contributed by atoms with E-state index < -0.39 is 0 Å². The van der Waals surface area contributed by atoms with Gasteiger partial charge in [-0.15, -0.1) is 0 Å². The van der Waals surface area contributed by atoms with Crippen LogP contribution < -0.4 is 0 Å². The Kier molecular flexibility index (Phi) is 1.92. The van der Waals surface area contributed by atoms with Gasteiger partial charge in [0.15, 0.2) is 0 Å². The summed E-state index contributed by atoms with van der Waals surface area (Å²) in [7, 11) is 0. The molecule has 0 N–H and O–H groups in total. The number of esters is 1. The molecular weight excluding hydrogens is 134 g/mol. The third-order valence-corrected chi connectivity index (χ3v) is 1.13. The van der Waals surface area contributed by atoms with Crippen LogP contribution in [-0.2, 0) is 9.53 Å². The van der Waals surface area contributed by atoms with E-state index in [1.807, 2.05) is 0 Å². The number of hydrogen-bond donors (Lipinski definition) is 0. The molecule has 0 saturated carbocycles. The molecule has 1 heterocycles. The van der Waals surface area contributed by atoms with Crippen LogP contribution in [0.2, 0.25) is 0 Å². The average Bonchev–Trinajstić information content (AvgIpc) is 2.31. The van der Waals surface area contributed by atoms with E-state index in [0.717, 1.165) is 0 Å². The number of nitrogens with zero attached hydrogens (tertiary/aromatic N) is 3. The molecule has 0 aromatic carbocycles. The minimum atomic E-state index is -0.382. The monoisotopic (exact) mass is 139 g/mol. The number of cyclic esters (lactones) is 1. The van der Waals surface area contributed by atoms with Crippen LogP contribution in [0, 0.1) is 0 Å². The third-order valence-electron chi connectivity index (χ3n) is 1.13. The molecule has 52 valence electrons. The van der Waals surface area contributed by atoms with Crippen LogP contribution in [0.15, 0.2) is 16.9 Å². The molecule has 0 atom stereocenters. The van der Waals surface area contributed by atoms with Crippen molar-refractivity contribution in [1.82, 2.24) is 0 Å². The van der Waals surface area contributed by atoms with Crippen LogP contribution in [0.4, 0.5) is 0 Å². The van der Waals surface area contributed by atoms with E-state index in [-0.39, 0.29) is 5.97 Å². The van der Waals surface area contributed by atoms with Crippen molar-refractivity contribution in [2.75, 3.05) is 6.61 Å². The molecule has 1 aliphatic rings. The second-order valence-electron chi connectivity index (χ2n) is 1.75. The second kappa shape index (κ2) is 2.89. The summed E-state index contributed by atoms with van der Waals surface area (Å²) in [5.74, 6) is -0.382. The van der Waals surface area contributed by atoms with Gasteiger partial charge >= 0.3 is 5.97 Å². The van der Waals surface area contributed by atoms with Crippen molar-refractivity contribution in [2.45, 2.75) is 6.42 Å². The fourth-order valence-electron chi connectivity index (χ4n) is 0.661. The van der Waals surface area contributed by atoms with Gasteiger partial charge < -0.3 is 4.74 Å². The fraction of sp³-hybridized carbons (Fsp3) is 0.400. The van der Waals surface area contributed by atoms with Crippen molar-refractivity contribution < 1.29 is 9.53 Å². The van der Waals surface area contributed by atoms with Crippen LogP contribution in [0.3, 0.4) is 0 Å². The molecule has 1 fully saturated rings. The molecule has 0 bridgehead atoms. The average molecular weight is 139 g/mol. The molecule has 0 spiro atoms. The zero-order valence-electron chi connectivity index (χ0n) is 5.15. The van der Waals surface area contributed by atoms with E-state index >= 15 is 0 Å². The van der Waals surface area contributed by atoms with Gasteiger partial charge in [-0.05, 0) is 5.53 Å². The summed E-state index contributed by atoms with van der Waals surface area (Å²) in [6.07, 6.45) is 1.73. The molecular formula is C5H5N3O2. The largest absolute Gasteiger partial charge is 0.462 e. The van der Waals surface area contributed by atoms with Gasteiger partial charge in [-0.25, -0.2) is 4.79 Å². The molecule has 1 rings (SSSR count). The topological polar surface area (TPSA) is 75.1 Å². The van der Waals surface area contributed by atoms with E-state index in [0.29, 0.717) is 18.6 Å². The van der Waals surface area contributed by atoms with Crippen molar-refractivity contribution >= 4 is 5.97 Å². The van der Waals surface area contributed by atoms with Crippen molar-refractivity contribution in [3.63, 3.8) is 0 Å². The van der Waals surface area contributed by atoms with Gasteiger partial charge in [-0.3, -0.25) is 0 Å². The number of ether oxygens (including phenoxy) is 1. The lowest BCUT2D eigenvalue weighted by atomic mass is 10.2. The van der Waals surface area contributed by atoms with Crippen LogP contribution in [0.1, 0.15) is 6.42 Å². The molecule has 0 amide bonds. The summed E-state index contributed by atoms with van der Waals surface area (Å²) < 4.78 is 4.57. The van der Waals surface area contributed by atoms with Crippen LogP contribution in [0.5, 0.6) is 0 Å². The zero-order chi connectivity index (χ0) is 7.40. The summed E-state index contributed by atoms with van der Waals surface area (Å²) in [5, 5.41) is 3.12. The smallest absolute Gasteiger partial charge is 0.333 e. The van der Waals surface area contributed by atoms with Crippen molar-refractivity contribution in [1.29, 1.82) is 0 Å². The first kappa shape index (κ1) is 6.64. The molecule has 0 unspecified atom stereocenters. The summed E-state index contributed by atoms with van der Waals surface area (Å²) in [6.45, 7) is 0.394. The number of rotatable bonds is 1. The predicted molar refractivity (Wildman–Crippen MR) is 32.8 cm³/mol. The molecule has 5 nitrogen and oxygen atoms in total. The van der Waals surface area contributed by atoms with E-state index in [9.17, 15) is 4.79 Å². The lowest BCUT2D eigenvalue weighted by Gasteiger charge is -1.84. The Morgan fingerprint density at radius 3 is 3.10 bits per heavy atom. The maximum Gasteiger partial charge on any atom is 0.333 e. The van der Waals surface area contributed by atoms with Crippen molar-refractivity contribution in [3.8, 4) is 0 Å². The quantitative estimate of drug-likeness (QED) is 0.179. The zero-order valence-corrected chi connectivity index (χ0v) is 5.15. The Hall–Kier alpha value is -1.48. The first-order chi connectivity index (χ1) is 4.84. The summed E-state index contributed by atoms with van der Waals surface area (Å²) >= 11 is 0. The van der Waals surface area contributed by atoms with Crippen LogP contribution in [0.25, 0.3) is 10.4 Å². The van der Waals surface area contributed by atoms with Gasteiger partial charge in [0.05, 0.1) is 6.61 Å². The minimum Gasteiger partial charge on any atom is -0.462 e. The van der Waals surface area contributed by atoms with E-state index in [1.54, 1.807) is 0 Å². The predicted octanol–water partition coefficient (Wildman–Crippen LogP) is 1.13. The van der Waals surface area contributed by atoms with Gasteiger partial charge in [0.25, 0.3) is 0 Å². The van der Waals surface area contributed by atoms with Gasteiger partial charge in [-0.2, -0.15) is 0 Å². The number of azide groups is 1. The highest BCUT2D eigenvalue weighted by Crippen LogP contribution is 2.12. The lowest BCUT2D eigenvalue weighted by Crippen LogP contribution is -1.93. The first-order valence-corrected chi connectivity index (χ1v) is 2.75. The Balaban J connectivity index is 2.71. The lowest BCUT2D eigenvalue weighted by molar-refractivity contribution is -0.135. The molecule has 0 aliphatic carbocycles. The number of carbonyl (C=O) groups excluding carboxylic acids is 1. The van der Waals surface area contributed by atoms with Gasteiger partial charge in [0, 0.05) is 23.1 Å². The van der Waals surface area contributed by atoms with E-state index in [2.05, 4.69) is 14.8 Å². The van der Waals surface area contributed by atoms with E-state index in [1.165, 1.54) is 6.20 Å². The normalized spacial score (nSPS) is 20.4. The highest BCUT2D eigenvalue weighted by atomic mass is 16.5. The third kappa shape index (κ3) is 1.27. The van der Waals surface area contributed by atoms with Crippen LogP contribution in [-0.4, -0.2) is 12.6 Å². The Labute approximate surface area is 56.9 Å². The molecule has 0 aromatic heterocycles. The van der Waals surface area contributed by atoms with E-state index in [4.69, 9.17) is 5.53 Å². The highest BCUT2D eigenvalue weighted by molar-refractivity contribution is 5.90. The standard InChI is InChI=1S/C5H5N3O2/c6-8-7-3-4-1-2-10-5(4)9/h3H,1-2H2/b4-3-. The maximum atomic E-state index is 10.6. The Morgan fingerprint density at radius 2 is 2.60 bits per heavy atom. The minimum absolute atomic E-state index is 0.382. The SMILES string of the molecule is [N-]=[N+]=N/C=C1/CCOC1=O.